The number of carbonyl (C=O) groups is 6. The monoisotopic (exact) mass is 1140 g/mol. The summed E-state index contributed by atoms with van der Waals surface area (Å²) in [6, 6.07) is 5.02. The normalized spacial score (nSPS) is 31.5. The zero-order chi connectivity index (χ0) is 58.2. The Balaban J connectivity index is 0.000000397. The van der Waals surface area contributed by atoms with E-state index in [-0.39, 0.29) is 13.1 Å². The zero-order valence-electron chi connectivity index (χ0n) is 43.6. The quantitative estimate of drug-likeness (QED) is 0.0318. The number of aryl methyl sites for hydroxylation is 1. The Morgan fingerprint density at radius 2 is 0.923 bits per heavy atom. The van der Waals surface area contributed by atoms with E-state index in [2.05, 4.69) is 64.9 Å². The van der Waals surface area contributed by atoms with Gasteiger partial charge in [0.05, 0.1) is 25.3 Å². The predicted molar refractivity (Wildman–Crippen MR) is 269 cm³/mol. The molecule has 4 saturated heterocycles. The fraction of sp³-hybridized carbons (Fsp3) is 0.721. The van der Waals surface area contributed by atoms with Crippen molar-refractivity contribution in [3.8, 4) is 0 Å². The summed E-state index contributed by atoms with van der Waals surface area (Å²) in [5, 5.41) is 24.5. The first-order valence-electron chi connectivity index (χ1n) is 23.6. The van der Waals surface area contributed by atoms with Crippen LogP contribution in [0.25, 0.3) is 41.8 Å². The van der Waals surface area contributed by atoms with Crippen LogP contribution in [0.2, 0.25) is 0 Å². The van der Waals surface area contributed by atoms with Crippen molar-refractivity contribution in [3.05, 3.63) is 71.6 Å². The standard InChI is InChI=1S/C25H32N6O9S.C18H26N6O10.BHNS/c1-6-17-20(23(37-15(5)34)25(39-17)41-16-9-7-12(2)8-10-16)40-24-19(29-31-27)22(36-14(4)33)21(35-13(3)32)18(38-24)11-28-30-26;1-5-10-13(16(17(28)32-10)31-9(4)27)34-18-12(22-24-20)15(30-8(3)26)14(29-7(2)25)11(33-18)6-21-23-19;1-2-3/h7-10,17-25H,6,11H2,1-5H3;10-18,28H,5-6H2,1-4H3;3H/t17-,18+,19-,20-,21-,22-,23-,24-,25+;10-,11+,12-,13-,14-,15-,16-,17?,18-;/m11./s1. The molecule has 0 spiro atoms. The second-order valence-corrected chi connectivity index (χ2v) is 18.3. The van der Waals surface area contributed by atoms with Crippen LogP contribution in [0, 0.1) is 6.92 Å². The summed E-state index contributed by atoms with van der Waals surface area (Å²) in [6.07, 6.45) is -16.7. The number of azide groups is 4. The van der Waals surface area contributed by atoms with Crippen LogP contribution in [0.5, 0.6) is 0 Å². The third kappa shape index (κ3) is 19.5. The first-order valence-corrected chi connectivity index (χ1v) is 24.9. The van der Waals surface area contributed by atoms with E-state index in [0.717, 1.165) is 45.1 Å². The van der Waals surface area contributed by atoms with Gasteiger partial charge in [0.2, 0.25) is 0 Å². The molecule has 1 unspecified atom stereocenters. The van der Waals surface area contributed by atoms with Crippen LogP contribution in [0.4, 0.5) is 0 Å². The Hall–Kier alpha value is -6.44. The van der Waals surface area contributed by atoms with Crippen LogP contribution in [0.1, 0.15) is 73.8 Å². The fourth-order valence-electron chi connectivity index (χ4n) is 8.40. The van der Waals surface area contributed by atoms with Gasteiger partial charge in [-0.2, -0.15) is 0 Å². The van der Waals surface area contributed by atoms with Gasteiger partial charge in [-0.15, -0.1) is 0 Å². The number of ether oxygens (including phenoxy) is 12. The molecule has 4 heterocycles. The third-order valence-electron chi connectivity index (χ3n) is 11.3. The van der Waals surface area contributed by atoms with Crippen LogP contribution < -0.4 is 0 Å². The number of aliphatic hydroxyl groups excluding tert-OH is 1. The average molecular weight is 1140 g/mol. The summed E-state index contributed by atoms with van der Waals surface area (Å²) in [5.74, 6) is -4.30. The zero-order valence-corrected chi connectivity index (χ0v) is 45.3. The first kappa shape index (κ1) is 65.8. The molecule has 0 aromatic heterocycles. The second-order valence-electron chi connectivity index (χ2n) is 16.9. The van der Waals surface area contributed by atoms with Crippen molar-refractivity contribution in [2.24, 2.45) is 24.8 Å². The molecule has 4 aliphatic heterocycles. The van der Waals surface area contributed by atoms with E-state index in [1.54, 1.807) is 6.92 Å². The summed E-state index contributed by atoms with van der Waals surface area (Å²) in [4.78, 5) is 83.0. The third-order valence-corrected chi connectivity index (χ3v) is 12.4. The van der Waals surface area contributed by atoms with Crippen molar-refractivity contribution >= 4 is 68.0 Å². The van der Waals surface area contributed by atoms with Gasteiger partial charge in [-0.3, -0.25) is 28.8 Å². The Morgan fingerprint density at radius 1 is 0.564 bits per heavy atom. The molecule has 35 heteroatoms. The van der Waals surface area contributed by atoms with Crippen LogP contribution in [-0.4, -0.2) is 171 Å². The average Bonchev–Trinajstić information content (AvgIpc) is 3.84. The van der Waals surface area contributed by atoms with Gasteiger partial charge < -0.3 is 61.9 Å². The maximum absolute atomic E-state index is 12.1. The molecule has 1 aromatic rings. The number of carbonyl (C=O) groups excluding carboxylic acids is 6. The molecular formula is C43H59BN13O19S2. The van der Waals surface area contributed by atoms with Gasteiger partial charge in [0.25, 0.3) is 0 Å². The summed E-state index contributed by atoms with van der Waals surface area (Å²) in [7, 11) is 4.34. The molecule has 0 saturated carbocycles. The number of hydrogen-bond acceptors (Lipinski definition) is 26. The SMILES string of the molecule is CC[C@H]1OC(O)[C@H](OC(C)=O)[C@@H]1O[C@H]1O[C@@H](CN=[N+]=[N-])[C@@H](OC(C)=O)[C@H](OC(C)=O)[C@H]1N=[N+]=[N-].CC[C@H]1O[C@@H](Sc2ccc(C)cc2)[C@H](OC(C)=O)[C@@H]1O[C@H]1O[C@@H](CN=[N+]=[N-])[C@@H](OC(C)=O)[C@H](OC(C)=O)[C@H]1N=[N+]=[N-].[B]=NS. The molecule has 0 bridgehead atoms. The van der Waals surface area contributed by atoms with E-state index in [4.69, 9.17) is 73.4 Å². The molecule has 32 nitrogen and oxygen atoms in total. The topological polar surface area (TPSA) is 441 Å². The van der Waals surface area contributed by atoms with Crippen molar-refractivity contribution in [1.29, 1.82) is 0 Å². The molecule has 0 aliphatic carbocycles. The molecule has 4 fully saturated rings. The van der Waals surface area contributed by atoms with Crippen LogP contribution in [0.15, 0.2) is 53.9 Å². The number of hydrogen-bond donors (Lipinski definition) is 2. The van der Waals surface area contributed by atoms with Gasteiger partial charge in [-0.1, -0.05) is 63.8 Å². The summed E-state index contributed by atoms with van der Waals surface area (Å²) < 4.78 is 70.6. The Bertz CT molecular complexity index is 2440. The van der Waals surface area contributed by atoms with Crippen molar-refractivity contribution in [2.75, 3.05) is 13.1 Å². The van der Waals surface area contributed by atoms with Crippen LogP contribution >= 0.6 is 24.6 Å². The summed E-state index contributed by atoms with van der Waals surface area (Å²) in [6.45, 7) is 11.7. The molecule has 1 radical (unpaired) electrons. The molecule has 78 heavy (non-hydrogen) atoms. The number of nitrogens with zero attached hydrogens (tertiary/aromatic N) is 13. The number of rotatable bonds is 20. The van der Waals surface area contributed by atoms with E-state index in [1.165, 1.54) is 18.7 Å². The van der Waals surface area contributed by atoms with Crippen molar-refractivity contribution in [1.82, 2.24) is 0 Å². The molecule has 1 N–H and O–H groups in total. The van der Waals surface area contributed by atoms with Gasteiger partial charge in [0, 0.05) is 66.1 Å². The maximum atomic E-state index is 12.1. The molecule has 425 valence electrons. The van der Waals surface area contributed by atoms with Crippen molar-refractivity contribution in [3.63, 3.8) is 0 Å². The van der Waals surface area contributed by atoms with Gasteiger partial charge in [0.1, 0.15) is 41.9 Å². The second kappa shape index (κ2) is 33.1. The van der Waals surface area contributed by atoms with Gasteiger partial charge in [0.15, 0.2) is 55.5 Å². The Morgan fingerprint density at radius 3 is 1.29 bits per heavy atom. The number of thioether (sulfide) groups is 1. The van der Waals surface area contributed by atoms with Gasteiger partial charge >= 0.3 is 60.6 Å². The molecule has 1 aromatic carbocycles. The Kier molecular flexibility index (Phi) is 27.9. The summed E-state index contributed by atoms with van der Waals surface area (Å²) >= 11 is 4.54. The Labute approximate surface area is 456 Å². The molecule has 5 rings (SSSR count). The molecular weight excluding hydrogens is 1080 g/mol. The minimum absolute atomic E-state index is 0.327. The first-order chi connectivity index (χ1) is 37.1. The fourth-order valence-corrected chi connectivity index (χ4v) is 9.50. The number of esters is 6. The number of benzene rings is 1. The van der Waals surface area contributed by atoms with Crippen LogP contribution in [-0.2, 0) is 85.6 Å². The van der Waals surface area contributed by atoms with E-state index in [0.29, 0.717) is 12.8 Å². The minimum atomic E-state index is -1.50. The van der Waals surface area contributed by atoms with Crippen molar-refractivity contribution < 1.29 is 90.7 Å². The van der Waals surface area contributed by atoms with E-state index >= 15 is 0 Å². The molecule has 4 aliphatic rings. The van der Waals surface area contributed by atoms with Gasteiger partial charge in [-0.05, 0) is 54.0 Å². The predicted octanol–water partition coefficient (Wildman–Crippen LogP) is 5.31. The van der Waals surface area contributed by atoms with Crippen LogP contribution in [0.3, 0.4) is 0 Å². The van der Waals surface area contributed by atoms with Crippen molar-refractivity contribution in [2.45, 2.75) is 190 Å². The summed E-state index contributed by atoms with van der Waals surface area (Å²) in [5.41, 5.74) is 36.6. The number of thiol groups is 1. The van der Waals surface area contributed by atoms with E-state index in [9.17, 15) is 39.4 Å². The molecule has 18 atom stereocenters. The number of aliphatic hydroxyl groups is 1. The van der Waals surface area contributed by atoms with E-state index in [1.807, 2.05) is 38.1 Å². The van der Waals surface area contributed by atoms with Gasteiger partial charge in [-0.25, -0.2) is 0 Å². The molecule has 0 amide bonds. The van der Waals surface area contributed by atoms with E-state index < -0.39 is 145 Å².